The first kappa shape index (κ1) is 31.2. The number of fused-ring (bicyclic) bond motifs is 2. The Morgan fingerprint density at radius 1 is 1.07 bits per heavy atom. The van der Waals surface area contributed by atoms with Crippen LogP contribution in [0.25, 0.3) is 0 Å². The van der Waals surface area contributed by atoms with Crippen LogP contribution in [-0.4, -0.2) is 62.4 Å². The monoisotopic (exact) mass is 649 g/mol. The van der Waals surface area contributed by atoms with Crippen LogP contribution in [0.1, 0.15) is 52.0 Å². The second kappa shape index (κ2) is 12.4. The zero-order valence-electron chi connectivity index (χ0n) is 24.8. The fraction of sp³-hybridized carbons (Fsp3) is 0.467. The number of ether oxygens (including phenoxy) is 4. The molecule has 2 fully saturated rings. The number of rotatable bonds is 9. The van der Waals surface area contributed by atoms with Gasteiger partial charge in [-0.2, -0.15) is 0 Å². The van der Waals surface area contributed by atoms with E-state index in [2.05, 4.69) is 4.98 Å². The fourth-order valence-corrected chi connectivity index (χ4v) is 8.20. The Kier molecular flexibility index (Phi) is 9.01. The molecule has 5 rings (SSSR count). The van der Waals surface area contributed by atoms with Crippen LogP contribution >= 0.6 is 22.9 Å². The normalized spacial score (nSPS) is 20.0. The molecule has 43 heavy (non-hydrogen) atoms. The topological polar surface area (TPSA) is 108 Å². The first-order chi connectivity index (χ1) is 20.4. The Bertz CT molecular complexity index is 1550. The first-order valence-electron chi connectivity index (χ1n) is 14.0. The van der Waals surface area contributed by atoms with E-state index >= 15 is 0 Å². The van der Waals surface area contributed by atoms with Crippen molar-refractivity contribution in [3.63, 3.8) is 0 Å². The maximum absolute atomic E-state index is 14.0. The summed E-state index contributed by atoms with van der Waals surface area (Å²) in [5.41, 5.74) is 0.0791. The van der Waals surface area contributed by atoms with Gasteiger partial charge in [-0.05, 0) is 63.9 Å². The van der Waals surface area contributed by atoms with Gasteiger partial charge in [-0.25, -0.2) is 22.5 Å². The minimum absolute atomic E-state index is 0.00680. The molecule has 2 bridgehead atoms. The fourth-order valence-electron chi connectivity index (χ4n) is 5.61. The first-order valence-corrected chi connectivity index (χ1v) is 16.7. The highest BCUT2D eigenvalue weighted by Gasteiger charge is 2.45. The van der Waals surface area contributed by atoms with E-state index in [9.17, 15) is 13.2 Å². The summed E-state index contributed by atoms with van der Waals surface area (Å²) in [7, 11) is -1.01. The molecule has 10 nitrogen and oxygen atoms in total. The molecule has 1 unspecified atom stereocenters. The van der Waals surface area contributed by atoms with Gasteiger partial charge in [0, 0.05) is 48.1 Å². The quantitative estimate of drug-likeness (QED) is 0.258. The molecule has 0 aliphatic carbocycles. The van der Waals surface area contributed by atoms with Crippen molar-refractivity contribution < 1.29 is 32.2 Å². The smallest absolute Gasteiger partial charge is 0.410 e. The lowest BCUT2D eigenvalue weighted by Crippen LogP contribution is -2.50. The van der Waals surface area contributed by atoms with Crippen molar-refractivity contribution in [2.45, 2.75) is 81.7 Å². The van der Waals surface area contributed by atoms with Gasteiger partial charge in [-0.3, -0.25) is 0 Å². The van der Waals surface area contributed by atoms with Gasteiger partial charge in [0.15, 0.2) is 5.13 Å². The molecule has 3 atom stereocenters. The molecule has 1 aromatic heterocycles. The number of nitrogens with zero attached hydrogens (tertiary/aromatic N) is 3. The Morgan fingerprint density at radius 3 is 2.37 bits per heavy atom. The summed E-state index contributed by atoms with van der Waals surface area (Å²) in [5, 5.41) is 2.21. The molecule has 1 amide bonds. The number of amides is 1. The van der Waals surface area contributed by atoms with Crippen molar-refractivity contribution in [2.75, 3.05) is 18.5 Å². The molecule has 2 aliphatic heterocycles. The summed E-state index contributed by atoms with van der Waals surface area (Å²) < 4.78 is 51.9. The zero-order chi connectivity index (χ0) is 30.9. The van der Waals surface area contributed by atoms with Crippen LogP contribution in [0, 0.1) is 0 Å². The van der Waals surface area contributed by atoms with Crippen LogP contribution in [0.4, 0.5) is 9.93 Å². The molecule has 0 saturated carbocycles. The number of halogens is 1. The summed E-state index contributed by atoms with van der Waals surface area (Å²) in [5.74, 6) is 1.48. The molecule has 2 aromatic carbocycles. The number of thiazole rings is 1. The number of sulfonamides is 1. The predicted molar refractivity (Wildman–Crippen MR) is 165 cm³/mol. The maximum Gasteiger partial charge on any atom is 0.410 e. The van der Waals surface area contributed by atoms with Crippen molar-refractivity contribution in [3.8, 4) is 17.2 Å². The van der Waals surface area contributed by atoms with Gasteiger partial charge in [0.25, 0.3) is 10.0 Å². The summed E-state index contributed by atoms with van der Waals surface area (Å²) >= 11 is 7.84. The van der Waals surface area contributed by atoms with Crippen molar-refractivity contribution in [1.82, 2.24) is 9.88 Å². The van der Waals surface area contributed by atoms with Gasteiger partial charge >= 0.3 is 6.09 Å². The van der Waals surface area contributed by atoms with E-state index < -0.39 is 15.6 Å². The highest BCUT2D eigenvalue weighted by Crippen LogP contribution is 2.40. The molecule has 0 radical (unpaired) electrons. The summed E-state index contributed by atoms with van der Waals surface area (Å²) in [4.78, 5) is 18.9. The molecule has 3 heterocycles. The van der Waals surface area contributed by atoms with Crippen molar-refractivity contribution in [1.29, 1.82) is 0 Å². The minimum Gasteiger partial charge on any atom is -0.497 e. The molecular formula is C30H36ClN3O7S2. The summed E-state index contributed by atoms with van der Waals surface area (Å²) in [6.45, 7) is 5.57. The molecule has 13 heteroatoms. The van der Waals surface area contributed by atoms with Crippen LogP contribution in [-0.2, 0) is 21.3 Å². The van der Waals surface area contributed by atoms with E-state index in [1.807, 2.05) is 25.7 Å². The highest BCUT2D eigenvalue weighted by molar-refractivity contribution is 7.93. The van der Waals surface area contributed by atoms with Crippen LogP contribution in [0.5, 0.6) is 17.2 Å². The number of hydrogen-bond donors (Lipinski definition) is 0. The molecule has 0 N–H and O–H groups in total. The van der Waals surface area contributed by atoms with Crippen molar-refractivity contribution in [3.05, 3.63) is 58.6 Å². The average Bonchev–Trinajstić information content (AvgIpc) is 3.58. The molecule has 2 saturated heterocycles. The van der Waals surface area contributed by atoms with E-state index in [0.717, 1.165) is 12.8 Å². The third-order valence-corrected chi connectivity index (χ3v) is 10.5. The second-order valence-corrected chi connectivity index (χ2v) is 14.7. The van der Waals surface area contributed by atoms with E-state index in [1.54, 1.807) is 43.0 Å². The molecule has 232 valence electrons. The van der Waals surface area contributed by atoms with Gasteiger partial charge in [0.2, 0.25) is 0 Å². The van der Waals surface area contributed by atoms with Gasteiger partial charge in [0.1, 0.15) is 29.0 Å². The average molecular weight is 650 g/mol. The van der Waals surface area contributed by atoms with Crippen molar-refractivity contribution in [2.24, 2.45) is 0 Å². The number of benzene rings is 2. The molecular weight excluding hydrogens is 614 g/mol. The van der Waals surface area contributed by atoms with E-state index in [0.29, 0.717) is 40.8 Å². The third-order valence-electron chi connectivity index (χ3n) is 7.52. The van der Waals surface area contributed by atoms with Crippen LogP contribution in [0.15, 0.2) is 52.9 Å². The molecule has 0 spiro atoms. The Labute approximate surface area is 261 Å². The number of carbonyl (C=O) groups is 1. The van der Waals surface area contributed by atoms with Gasteiger partial charge in [0.05, 0.1) is 30.7 Å². The van der Waals surface area contributed by atoms with E-state index in [4.69, 9.17) is 30.5 Å². The number of anilines is 1. The zero-order valence-corrected chi connectivity index (χ0v) is 27.2. The Balaban J connectivity index is 1.34. The lowest BCUT2D eigenvalue weighted by Gasteiger charge is -2.39. The van der Waals surface area contributed by atoms with Crippen molar-refractivity contribution >= 4 is 44.2 Å². The lowest BCUT2D eigenvalue weighted by molar-refractivity contribution is -0.00707. The molecule has 3 aromatic rings. The maximum atomic E-state index is 14.0. The second-order valence-electron chi connectivity index (χ2n) is 11.6. The van der Waals surface area contributed by atoms with Crippen LogP contribution in [0.3, 0.4) is 0 Å². The van der Waals surface area contributed by atoms with E-state index in [1.165, 1.54) is 34.9 Å². The van der Waals surface area contributed by atoms with Gasteiger partial charge < -0.3 is 23.8 Å². The summed E-state index contributed by atoms with van der Waals surface area (Å²) in [6, 6.07) is 9.75. The Morgan fingerprint density at radius 2 is 1.79 bits per heavy atom. The summed E-state index contributed by atoms with van der Waals surface area (Å²) in [6.07, 6.45) is 4.18. The number of piperidine rings is 1. The number of methoxy groups -OCH3 is 2. The van der Waals surface area contributed by atoms with Gasteiger partial charge in [-0.15, -0.1) is 11.3 Å². The number of aromatic nitrogens is 1. The van der Waals surface area contributed by atoms with E-state index in [-0.39, 0.29) is 40.7 Å². The third kappa shape index (κ3) is 6.81. The minimum atomic E-state index is -4.08. The van der Waals surface area contributed by atoms with Gasteiger partial charge in [-0.1, -0.05) is 11.6 Å². The van der Waals surface area contributed by atoms with Crippen LogP contribution in [0.2, 0.25) is 5.02 Å². The Hall–Kier alpha value is -3.22. The number of hydrogen-bond acceptors (Lipinski definition) is 9. The number of carbonyl (C=O) groups excluding carboxylic acids is 1. The van der Waals surface area contributed by atoms with Crippen LogP contribution < -0.4 is 18.5 Å². The highest BCUT2D eigenvalue weighted by atomic mass is 35.5. The largest absolute Gasteiger partial charge is 0.497 e. The lowest BCUT2D eigenvalue weighted by atomic mass is 10.00. The molecule has 2 aliphatic rings. The predicted octanol–water partition coefficient (Wildman–Crippen LogP) is 6.52. The SMILES string of the molecule is COc1ccc(CN(c2nccs2)S(=O)(=O)c2ccc(OC3C[C@H]4CC[C@@H](C3)N4C(=O)OC(C)(C)C)c(Cl)c2)c(OC)c1. The standard InChI is InChI=1S/C30H36ClN3O7S2/c1-30(2,3)41-29(35)34-20-7-8-21(34)15-23(14-20)40-26-11-10-24(17-25(26)31)43(36,37)33(28-32-12-13-42-28)18-19-6-9-22(38-4)16-27(19)39-5/h6,9-13,16-17,20-21,23H,7-8,14-15,18H2,1-5H3/t20-,21+,23?.